The van der Waals surface area contributed by atoms with Gasteiger partial charge in [-0.25, -0.2) is 0 Å². The van der Waals surface area contributed by atoms with Gasteiger partial charge in [0.1, 0.15) is 11.8 Å². The zero-order valence-electron chi connectivity index (χ0n) is 19.1. The molecule has 3 rings (SSSR count). The van der Waals surface area contributed by atoms with E-state index in [0.29, 0.717) is 18.7 Å². The minimum absolute atomic E-state index is 0.0583. The van der Waals surface area contributed by atoms with Gasteiger partial charge in [-0.1, -0.05) is 73.7 Å². The van der Waals surface area contributed by atoms with Crippen molar-refractivity contribution in [2.75, 3.05) is 13.2 Å². The van der Waals surface area contributed by atoms with E-state index >= 15 is 0 Å². The number of carbonyl (C=O) groups excluding carboxylic acids is 2. The fourth-order valence-electron chi connectivity index (χ4n) is 3.58. The van der Waals surface area contributed by atoms with Crippen LogP contribution in [0, 0.1) is 0 Å². The number of nitrogens with one attached hydrogen (secondary N) is 1. The third-order valence-corrected chi connectivity index (χ3v) is 5.75. The van der Waals surface area contributed by atoms with Crippen molar-refractivity contribution in [3.63, 3.8) is 0 Å². The monoisotopic (exact) mass is 432 g/mol. The first-order valence-electron chi connectivity index (χ1n) is 11.2. The molecule has 168 valence electrons. The van der Waals surface area contributed by atoms with Crippen LogP contribution in [0.4, 0.5) is 0 Å². The molecule has 0 fully saturated rings. The highest BCUT2D eigenvalue weighted by atomic mass is 16.5. The molecule has 32 heavy (non-hydrogen) atoms. The summed E-state index contributed by atoms with van der Waals surface area (Å²) in [6.45, 7) is 6.08. The molecule has 3 aromatic rings. The van der Waals surface area contributed by atoms with E-state index < -0.39 is 6.04 Å². The van der Waals surface area contributed by atoms with Crippen molar-refractivity contribution in [3.05, 3.63) is 78.4 Å². The van der Waals surface area contributed by atoms with Crippen molar-refractivity contribution in [2.24, 2.45) is 0 Å². The largest absolute Gasteiger partial charge is 0.483 e. The van der Waals surface area contributed by atoms with E-state index in [1.165, 1.54) is 0 Å². The predicted molar refractivity (Wildman–Crippen MR) is 129 cm³/mol. The van der Waals surface area contributed by atoms with E-state index in [2.05, 4.69) is 5.32 Å². The number of carbonyl (C=O) groups is 2. The van der Waals surface area contributed by atoms with Crippen molar-refractivity contribution in [2.45, 2.75) is 45.7 Å². The van der Waals surface area contributed by atoms with Gasteiger partial charge in [-0.2, -0.15) is 0 Å². The molecule has 0 spiro atoms. The Labute approximate surface area is 190 Å². The van der Waals surface area contributed by atoms with Crippen molar-refractivity contribution in [3.8, 4) is 5.75 Å². The minimum atomic E-state index is -0.587. The molecule has 5 nitrogen and oxygen atoms in total. The van der Waals surface area contributed by atoms with Crippen LogP contribution in [0.15, 0.2) is 72.8 Å². The van der Waals surface area contributed by atoms with E-state index in [1.54, 1.807) is 11.8 Å². The smallest absolute Gasteiger partial charge is 0.261 e. The Kier molecular flexibility index (Phi) is 8.26. The van der Waals surface area contributed by atoms with E-state index in [0.717, 1.165) is 22.8 Å². The normalized spacial score (nSPS) is 12.7. The molecule has 0 saturated heterocycles. The van der Waals surface area contributed by atoms with Crippen LogP contribution in [0.1, 0.15) is 32.8 Å². The maximum absolute atomic E-state index is 13.2. The Balaban J connectivity index is 1.73. The molecule has 0 radical (unpaired) electrons. The van der Waals surface area contributed by atoms with Gasteiger partial charge in [-0.15, -0.1) is 0 Å². The van der Waals surface area contributed by atoms with Crippen LogP contribution in [0.25, 0.3) is 10.8 Å². The average molecular weight is 433 g/mol. The molecule has 3 aromatic carbocycles. The van der Waals surface area contributed by atoms with E-state index in [9.17, 15) is 9.59 Å². The fraction of sp³-hybridized carbons (Fsp3) is 0.333. The summed E-state index contributed by atoms with van der Waals surface area (Å²) in [6.07, 6.45) is 1.50. The zero-order chi connectivity index (χ0) is 22.9. The molecule has 0 bridgehead atoms. The summed E-state index contributed by atoms with van der Waals surface area (Å²) in [4.78, 5) is 27.6. The Morgan fingerprint density at radius 1 is 0.938 bits per heavy atom. The molecule has 0 aliphatic rings. The second kappa shape index (κ2) is 11.3. The number of rotatable bonds is 10. The molecule has 2 amide bonds. The maximum Gasteiger partial charge on any atom is 0.261 e. The lowest BCUT2D eigenvalue weighted by Crippen LogP contribution is -2.51. The first-order chi connectivity index (χ1) is 15.5. The molecule has 0 aliphatic carbocycles. The van der Waals surface area contributed by atoms with Gasteiger partial charge < -0.3 is 15.0 Å². The van der Waals surface area contributed by atoms with E-state index in [4.69, 9.17) is 4.74 Å². The van der Waals surface area contributed by atoms with Gasteiger partial charge in [-0.05, 0) is 43.7 Å². The zero-order valence-corrected chi connectivity index (χ0v) is 19.1. The molecule has 0 aliphatic heterocycles. The molecule has 0 saturated carbocycles. The SMILES string of the molecule is CC[C@H](C)NC(=O)[C@@H](C)N(CCc1ccccc1)C(=O)COc1cccc2ccccc12. The van der Waals surface area contributed by atoms with E-state index in [-0.39, 0.29) is 24.5 Å². The lowest BCUT2D eigenvalue weighted by Gasteiger charge is -2.29. The summed E-state index contributed by atoms with van der Waals surface area (Å²) in [5.41, 5.74) is 1.12. The summed E-state index contributed by atoms with van der Waals surface area (Å²) in [5.74, 6) is 0.308. The molecule has 1 N–H and O–H groups in total. The summed E-state index contributed by atoms with van der Waals surface area (Å²) < 4.78 is 5.92. The second-order valence-electron chi connectivity index (χ2n) is 8.08. The van der Waals surface area contributed by atoms with Crippen LogP contribution in [0.2, 0.25) is 0 Å². The Bertz CT molecular complexity index is 1030. The Morgan fingerprint density at radius 2 is 1.62 bits per heavy atom. The van der Waals surface area contributed by atoms with Crippen LogP contribution >= 0.6 is 0 Å². The number of amides is 2. The standard InChI is InChI=1S/C27H32N2O3/c1-4-20(2)28-27(31)21(3)29(18-17-22-11-6-5-7-12-22)26(30)19-32-25-16-10-14-23-13-8-9-15-24(23)25/h5-16,20-21H,4,17-19H2,1-3H3,(H,28,31)/t20-,21+/m0/s1. The van der Waals surface area contributed by atoms with Crippen molar-refractivity contribution < 1.29 is 14.3 Å². The number of ether oxygens (including phenoxy) is 1. The minimum Gasteiger partial charge on any atom is -0.483 e. The van der Waals surface area contributed by atoms with Crippen LogP contribution in [0.5, 0.6) is 5.75 Å². The predicted octanol–water partition coefficient (Wildman–Crippen LogP) is 4.59. The third-order valence-electron chi connectivity index (χ3n) is 5.75. The van der Waals surface area contributed by atoms with Gasteiger partial charge in [0.05, 0.1) is 0 Å². The molecule has 0 heterocycles. The quantitative estimate of drug-likeness (QED) is 0.510. The molecular formula is C27H32N2O3. The lowest BCUT2D eigenvalue weighted by atomic mass is 10.1. The number of nitrogens with zero attached hydrogens (tertiary/aromatic N) is 1. The topological polar surface area (TPSA) is 58.6 Å². The molecule has 0 unspecified atom stereocenters. The van der Waals surface area contributed by atoms with Gasteiger partial charge >= 0.3 is 0 Å². The summed E-state index contributed by atoms with van der Waals surface area (Å²) in [6, 6.07) is 23.1. The van der Waals surface area contributed by atoms with E-state index in [1.807, 2.05) is 86.6 Å². The second-order valence-corrected chi connectivity index (χ2v) is 8.08. The third kappa shape index (κ3) is 6.10. The van der Waals surface area contributed by atoms with Crippen molar-refractivity contribution >= 4 is 22.6 Å². The number of benzene rings is 3. The number of fused-ring (bicyclic) bond motifs is 1. The summed E-state index contributed by atoms with van der Waals surface area (Å²) >= 11 is 0. The van der Waals surface area contributed by atoms with Gasteiger partial charge in [0, 0.05) is 18.0 Å². The van der Waals surface area contributed by atoms with Gasteiger partial charge in [0.15, 0.2) is 6.61 Å². The molecule has 2 atom stereocenters. The van der Waals surface area contributed by atoms with Crippen LogP contribution in [0.3, 0.4) is 0 Å². The summed E-state index contributed by atoms with van der Waals surface area (Å²) in [7, 11) is 0. The first-order valence-corrected chi connectivity index (χ1v) is 11.2. The fourth-order valence-corrected chi connectivity index (χ4v) is 3.58. The van der Waals surface area contributed by atoms with Crippen LogP contribution < -0.4 is 10.1 Å². The van der Waals surface area contributed by atoms with Crippen molar-refractivity contribution in [1.29, 1.82) is 0 Å². The highest BCUT2D eigenvalue weighted by molar-refractivity contribution is 5.90. The summed E-state index contributed by atoms with van der Waals surface area (Å²) in [5, 5.41) is 5.00. The van der Waals surface area contributed by atoms with Crippen LogP contribution in [-0.2, 0) is 16.0 Å². The van der Waals surface area contributed by atoms with Gasteiger partial charge in [-0.3, -0.25) is 9.59 Å². The Morgan fingerprint density at radius 3 is 2.38 bits per heavy atom. The molecular weight excluding hydrogens is 400 g/mol. The Hall–Kier alpha value is -3.34. The molecule has 0 aromatic heterocycles. The lowest BCUT2D eigenvalue weighted by molar-refractivity contribution is -0.141. The highest BCUT2D eigenvalue weighted by Gasteiger charge is 2.26. The van der Waals surface area contributed by atoms with Crippen molar-refractivity contribution in [1.82, 2.24) is 10.2 Å². The highest BCUT2D eigenvalue weighted by Crippen LogP contribution is 2.25. The van der Waals surface area contributed by atoms with Gasteiger partial charge in [0.2, 0.25) is 5.91 Å². The van der Waals surface area contributed by atoms with Crippen LogP contribution in [-0.4, -0.2) is 41.9 Å². The van der Waals surface area contributed by atoms with Gasteiger partial charge in [0.25, 0.3) is 5.91 Å². The first kappa shape index (κ1) is 23.3. The number of hydrogen-bond acceptors (Lipinski definition) is 3. The average Bonchev–Trinajstić information content (AvgIpc) is 2.83. The molecule has 5 heteroatoms. The number of hydrogen-bond donors (Lipinski definition) is 1. The maximum atomic E-state index is 13.2.